The highest BCUT2D eigenvalue weighted by molar-refractivity contribution is 5.96. The van der Waals surface area contributed by atoms with Crippen LogP contribution in [0.4, 0.5) is 17.5 Å². The Balaban J connectivity index is 1.66. The third-order valence-corrected chi connectivity index (χ3v) is 4.27. The number of carbonyl (C=O) groups excluding carboxylic acids is 1. The second-order valence-electron chi connectivity index (χ2n) is 6.26. The molecule has 0 aliphatic carbocycles. The normalized spacial score (nSPS) is 14.6. The van der Waals surface area contributed by atoms with Crippen LogP contribution < -0.4 is 10.6 Å². The van der Waals surface area contributed by atoms with Crippen molar-refractivity contribution in [2.24, 2.45) is 0 Å². The van der Waals surface area contributed by atoms with Crippen LogP contribution in [-0.2, 0) is 9.47 Å². The molecule has 1 aliphatic rings. The molecule has 8 nitrogen and oxygen atoms in total. The summed E-state index contributed by atoms with van der Waals surface area (Å²) in [5.41, 5.74) is 1.87. The molecule has 0 spiro atoms. The predicted octanol–water partition coefficient (Wildman–Crippen LogP) is 2.06. The number of rotatable bonds is 7. The summed E-state index contributed by atoms with van der Waals surface area (Å²) in [5, 5.41) is 6.46. The molecule has 2 heterocycles. The van der Waals surface area contributed by atoms with Crippen LogP contribution in [0.2, 0.25) is 0 Å². The number of benzene rings is 1. The number of aromatic nitrogens is 2. The largest absolute Gasteiger partial charge is 0.465 e. The lowest BCUT2D eigenvalue weighted by Crippen LogP contribution is -2.39. The lowest BCUT2D eigenvalue weighted by Gasteiger charge is -2.26. The van der Waals surface area contributed by atoms with Gasteiger partial charge in [0.25, 0.3) is 0 Å². The van der Waals surface area contributed by atoms with Crippen LogP contribution in [-0.4, -0.2) is 67.3 Å². The van der Waals surface area contributed by atoms with Gasteiger partial charge in [0, 0.05) is 37.9 Å². The highest BCUT2D eigenvalue weighted by atomic mass is 16.5. The summed E-state index contributed by atoms with van der Waals surface area (Å²) in [6.07, 6.45) is 0. The van der Waals surface area contributed by atoms with Gasteiger partial charge >= 0.3 is 5.97 Å². The quantitative estimate of drug-likeness (QED) is 0.715. The lowest BCUT2D eigenvalue weighted by atomic mass is 10.2. The van der Waals surface area contributed by atoms with Crippen molar-refractivity contribution < 1.29 is 14.3 Å². The summed E-state index contributed by atoms with van der Waals surface area (Å²) in [6.45, 7) is 7.13. The zero-order valence-corrected chi connectivity index (χ0v) is 15.7. The Morgan fingerprint density at radius 3 is 2.81 bits per heavy atom. The number of para-hydroxylation sites is 1. The van der Waals surface area contributed by atoms with Crippen molar-refractivity contribution in [3.05, 3.63) is 41.6 Å². The maximum Gasteiger partial charge on any atom is 0.339 e. The highest BCUT2D eigenvalue weighted by Crippen LogP contribution is 2.20. The smallest absolute Gasteiger partial charge is 0.339 e. The van der Waals surface area contributed by atoms with Gasteiger partial charge in [-0.2, -0.15) is 4.98 Å². The molecule has 0 amide bonds. The Bertz CT molecular complexity index is 778. The summed E-state index contributed by atoms with van der Waals surface area (Å²) in [4.78, 5) is 23.2. The second-order valence-corrected chi connectivity index (χ2v) is 6.26. The van der Waals surface area contributed by atoms with Crippen molar-refractivity contribution in [1.29, 1.82) is 0 Å². The molecule has 1 aliphatic heterocycles. The molecular formula is C19H25N5O3. The minimum Gasteiger partial charge on any atom is -0.465 e. The van der Waals surface area contributed by atoms with Crippen LogP contribution in [0.5, 0.6) is 0 Å². The summed E-state index contributed by atoms with van der Waals surface area (Å²) in [5.74, 6) is 0.767. The Hall–Kier alpha value is -2.71. The van der Waals surface area contributed by atoms with Crippen molar-refractivity contribution >= 4 is 23.4 Å². The lowest BCUT2D eigenvalue weighted by molar-refractivity contribution is 0.0398. The van der Waals surface area contributed by atoms with E-state index in [9.17, 15) is 4.79 Å². The molecule has 2 N–H and O–H groups in total. The SMILES string of the molecule is COC(=O)c1ccccc1Nc1nc(C)cc(NCCN2CCOCC2)n1. The zero-order valence-electron chi connectivity index (χ0n) is 15.7. The molecule has 0 radical (unpaired) electrons. The molecule has 1 fully saturated rings. The van der Waals surface area contributed by atoms with Gasteiger partial charge in [0.1, 0.15) is 5.82 Å². The highest BCUT2D eigenvalue weighted by Gasteiger charge is 2.13. The maximum absolute atomic E-state index is 11.9. The average Bonchev–Trinajstić information content (AvgIpc) is 2.68. The number of methoxy groups -OCH3 is 1. The summed E-state index contributed by atoms with van der Waals surface area (Å²) in [6, 6.07) is 9.02. The third-order valence-electron chi connectivity index (χ3n) is 4.27. The van der Waals surface area contributed by atoms with Crippen molar-refractivity contribution in [3.63, 3.8) is 0 Å². The van der Waals surface area contributed by atoms with E-state index in [1.54, 1.807) is 18.2 Å². The fourth-order valence-corrected chi connectivity index (χ4v) is 2.88. The first kappa shape index (κ1) is 19.1. The zero-order chi connectivity index (χ0) is 19.1. The third kappa shape index (κ3) is 5.38. The summed E-state index contributed by atoms with van der Waals surface area (Å²) >= 11 is 0. The van der Waals surface area contributed by atoms with Gasteiger partial charge in [-0.25, -0.2) is 9.78 Å². The van der Waals surface area contributed by atoms with Crippen LogP contribution in [0.1, 0.15) is 16.1 Å². The molecule has 1 aromatic heterocycles. The van der Waals surface area contributed by atoms with Crippen LogP contribution in [0.15, 0.2) is 30.3 Å². The van der Waals surface area contributed by atoms with Gasteiger partial charge in [-0.1, -0.05) is 12.1 Å². The van der Waals surface area contributed by atoms with E-state index < -0.39 is 5.97 Å². The van der Waals surface area contributed by atoms with Gasteiger partial charge in [-0.05, 0) is 19.1 Å². The fourth-order valence-electron chi connectivity index (χ4n) is 2.88. The standard InChI is InChI=1S/C19H25N5O3/c1-14-13-17(20-7-8-24-9-11-27-12-10-24)23-19(21-14)22-16-6-4-3-5-15(16)18(25)26-2/h3-6,13H,7-12H2,1-2H3,(H2,20,21,22,23). The molecule has 0 bridgehead atoms. The number of ether oxygens (including phenoxy) is 2. The van der Waals surface area contributed by atoms with E-state index in [2.05, 4.69) is 25.5 Å². The minimum atomic E-state index is -0.408. The number of aryl methyl sites for hydroxylation is 1. The first-order valence-electron chi connectivity index (χ1n) is 9.00. The summed E-state index contributed by atoms with van der Waals surface area (Å²) < 4.78 is 10.2. The average molecular weight is 371 g/mol. The van der Waals surface area contributed by atoms with E-state index in [0.29, 0.717) is 17.2 Å². The molecule has 3 rings (SSSR count). The van der Waals surface area contributed by atoms with Gasteiger partial charge < -0.3 is 20.1 Å². The monoisotopic (exact) mass is 371 g/mol. The Kier molecular flexibility index (Phi) is 6.56. The molecule has 1 saturated heterocycles. The van der Waals surface area contributed by atoms with Crippen LogP contribution in [0, 0.1) is 6.92 Å². The van der Waals surface area contributed by atoms with Crippen LogP contribution in [0.3, 0.4) is 0 Å². The molecule has 27 heavy (non-hydrogen) atoms. The number of nitrogens with zero attached hydrogens (tertiary/aromatic N) is 3. The maximum atomic E-state index is 11.9. The molecular weight excluding hydrogens is 346 g/mol. The predicted molar refractivity (Wildman–Crippen MR) is 104 cm³/mol. The molecule has 8 heteroatoms. The van der Waals surface area contributed by atoms with Crippen LogP contribution >= 0.6 is 0 Å². The number of anilines is 3. The fraction of sp³-hybridized carbons (Fsp3) is 0.421. The molecule has 0 atom stereocenters. The molecule has 2 aromatic rings. The number of hydrogen-bond acceptors (Lipinski definition) is 8. The van der Waals surface area contributed by atoms with E-state index in [0.717, 1.165) is 50.9 Å². The first-order chi connectivity index (χ1) is 13.2. The molecule has 1 aromatic carbocycles. The van der Waals surface area contributed by atoms with Gasteiger partial charge in [0.05, 0.1) is 31.6 Å². The molecule has 0 unspecified atom stereocenters. The van der Waals surface area contributed by atoms with Crippen LogP contribution in [0.25, 0.3) is 0 Å². The molecule has 0 saturated carbocycles. The van der Waals surface area contributed by atoms with E-state index >= 15 is 0 Å². The summed E-state index contributed by atoms with van der Waals surface area (Å²) in [7, 11) is 1.36. The topological polar surface area (TPSA) is 88.6 Å². The van der Waals surface area contributed by atoms with Crippen molar-refractivity contribution in [2.75, 3.05) is 57.1 Å². The number of nitrogens with one attached hydrogen (secondary N) is 2. The van der Waals surface area contributed by atoms with Crippen molar-refractivity contribution in [1.82, 2.24) is 14.9 Å². The Labute approximate surface area is 158 Å². The first-order valence-corrected chi connectivity index (χ1v) is 9.00. The number of carbonyl (C=O) groups is 1. The van der Waals surface area contributed by atoms with Gasteiger partial charge in [0.2, 0.25) is 5.95 Å². The second kappa shape index (κ2) is 9.29. The number of morpholine rings is 1. The van der Waals surface area contributed by atoms with Gasteiger partial charge in [-0.15, -0.1) is 0 Å². The van der Waals surface area contributed by atoms with Crippen molar-refractivity contribution in [2.45, 2.75) is 6.92 Å². The molecule has 144 valence electrons. The number of esters is 1. The Morgan fingerprint density at radius 2 is 2.04 bits per heavy atom. The van der Waals surface area contributed by atoms with E-state index in [-0.39, 0.29) is 0 Å². The van der Waals surface area contributed by atoms with E-state index in [4.69, 9.17) is 9.47 Å². The number of hydrogen-bond donors (Lipinski definition) is 2. The van der Waals surface area contributed by atoms with Gasteiger partial charge in [0.15, 0.2) is 0 Å². The van der Waals surface area contributed by atoms with Gasteiger partial charge in [-0.3, -0.25) is 4.90 Å². The van der Waals surface area contributed by atoms with E-state index in [1.165, 1.54) is 7.11 Å². The Morgan fingerprint density at radius 1 is 1.26 bits per heavy atom. The van der Waals surface area contributed by atoms with E-state index in [1.807, 2.05) is 19.1 Å². The van der Waals surface area contributed by atoms with Crippen molar-refractivity contribution in [3.8, 4) is 0 Å². The minimum absolute atomic E-state index is 0.408.